The molecular weight excluding hydrogens is 210 g/mol. The second kappa shape index (κ2) is 4.61. The number of rotatable bonds is 4. The molecule has 16 heavy (non-hydrogen) atoms. The highest BCUT2D eigenvalue weighted by Crippen LogP contribution is 1.75. The van der Waals surface area contributed by atoms with Crippen molar-refractivity contribution >= 4 is 0 Å². The van der Waals surface area contributed by atoms with Gasteiger partial charge in [0, 0.05) is 7.05 Å². The fraction of sp³-hybridized carbons (Fsp3) is 0.300. The number of hydrogen-bond donors (Lipinski definition) is 0. The van der Waals surface area contributed by atoms with E-state index in [1.807, 2.05) is 0 Å². The van der Waals surface area contributed by atoms with Crippen LogP contribution in [0.3, 0.4) is 0 Å². The normalized spacial score (nSPS) is 10.1. The van der Waals surface area contributed by atoms with Crippen LogP contribution < -0.4 is 17.1 Å². The van der Waals surface area contributed by atoms with Gasteiger partial charge in [0.1, 0.15) is 0 Å². The van der Waals surface area contributed by atoms with Crippen LogP contribution in [0.15, 0.2) is 39.7 Å². The van der Waals surface area contributed by atoms with Crippen LogP contribution in [0.25, 0.3) is 0 Å². The van der Waals surface area contributed by atoms with Crippen LogP contribution in [0.5, 0.6) is 0 Å². The van der Waals surface area contributed by atoms with Gasteiger partial charge in [-0.25, -0.2) is 28.1 Å². The van der Waals surface area contributed by atoms with E-state index in [4.69, 9.17) is 0 Å². The first-order valence-corrected chi connectivity index (χ1v) is 4.67. The Kier molecular flexibility index (Phi) is 3.44. The Bertz CT molecular complexity index is 541. The fourth-order valence-electron chi connectivity index (χ4n) is 1.32. The molecule has 0 unspecified atom stereocenters. The lowest BCUT2D eigenvalue weighted by Crippen LogP contribution is -2.53. The first kappa shape index (κ1) is 12.0. The zero-order chi connectivity index (χ0) is 12.3. The molecule has 0 saturated heterocycles. The summed E-state index contributed by atoms with van der Waals surface area (Å²) in [5, 5.41) is 0. The Labute approximate surface area is 91.4 Å². The van der Waals surface area contributed by atoms with Crippen LogP contribution in [-0.2, 0) is 20.1 Å². The van der Waals surface area contributed by atoms with Crippen LogP contribution in [0, 0.1) is 0 Å². The topological polar surface area (TPSA) is 66.0 Å². The summed E-state index contributed by atoms with van der Waals surface area (Å²) < 4.78 is 2.77. The molecule has 0 aliphatic carbocycles. The van der Waals surface area contributed by atoms with Gasteiger partial charge in [-0.3, -0.25) is 0 Å². The van der Waals surface area contributed by atoms with Gasteiger partial charge in [0.25, 0.3) is 0 Å². The Hall–Kier alpha value is -2.11. The maximum Gasteiger partial charge on any atom is 0.336 e. The maximum absolute atomic E-state index is 11.8. The number of aromatic nitrogens is 3. The van der Waals surface area contributed by atoms with E-state index in [1.165, 1.54) is 19.2 Å². The van der Waals surface area contributed by atoms with Crippen molar-refractivity contribution in [3.05, 3.63) is 56.8 Å². The Morgan fingerprint density at radius 1 is 0.938 bits per heavy atom. The lowest BCUT2D eigenvalue weighted by atomic mass is 10.5. The molecule has 0 saturated carbocycles. The second-order valence-corrected chi connectivity index (χ2v) is 3.21. The minimum Gasteiger partial charge on any atom is -0.248 e. The van der Waals surface area contributed by atoms with E-state index < -0.39 is 17.1 Å². The van der Waals surface area contributed by atoms with E-state index in [9.17, 15) is 14.4 Å². The zero-order valence-corrected chi connectivity index (χ0v) is 9.05. The third-order valence-corrected chi connectivity index (χ3v) is 2.12. The van der Waals surface area contributed by atoms with E-state index in [0.717, 1.165) is 13.7 Å². The molecule has 6 nitrogen and oxygen atoms in total. The minimum absolute atomic E-state index is 0.0724. The van der Waals surface area contributed by atoms with Crippen molar-refractivity contribution in [2.45, 2.75) is 13.1 Å². The molecule has 0 aromatic carbocycles. The summed E-state index contributed by atoms with van der Waals surface area (Å²) in [5.74, 6) is 0. The molecule has 1 aromatic rings. The van der Waals surface area contributed by atoms with Crippen LogP contribution in [0.4, 0.5) is 0 Å². The lowest BCUT2D eigenvalue weighted by molar-refractivity contribution is 0.516. The summed E-state index contributed by atoms with van der Waals surface area (Å²) in [5.41, 5.74) is -1.93. The Morgan fingerprint density at radius 3 is 1.62 bits per heavy atom. The minimum atomic E-state index is -0.645. The van der Waals surface area contributed by atoms with Crippen molar-refractivity contribution in [2.24, 2.45) is 7.05 Å². The molecule has 6 heteroatoms. The molecular formula is C10H13N3O3. The van der Waals surface area contributed by atoms with Crippen LogP contribution >= 0.6 is 0 Å². The first-order valence-electron chi connectivity index (χ1n) is 4.67. The van der Waals surface area contributed by atoms with E-state index in [1.54, 1.807) is 0 Å². The predicted octanol–water partition coefficient (Wildman–Crippen LogP) is -0.919. The summed E-state index contributed by atoms with van der Waals surface area (Å²) in [6, 6.07) is 0. The van der Waals surface area contributed by atoms with Gasteiger partial charge in [-0.15, -0.1) is 13.2 Å². The van der Waals surface area contributed by atoms with Crippen molar-refractivity contribution in [1.29, 1.82) is 0 Å². The Morgan fingerprint density at radius 2 is 1.31 bits per heavy atom. The van der Waals surface area contributed by atoms with E-state index >= 15 is 0 Å². The maximum atomic E-state index is 11.8. The van der Waals surface area contributed by atoms with Gasteiger partial charge >= 0.3 is 17.1 Å². The molecule has 0 spiro atoms. The Balaban J connectivity index is 3.72. The molecule has 86 valence electrons. The van der Waals surface area contributed by atoms with E-state index in [0.29, 0.717) is 0 Å². The first-order chi connectivity index (χ1) is 7.54. The summed E-state index contributed by atoms with van der Waals surface area (Å²) in [7, 11) is 1.32. The van der Waals surface area contributed by atoms with Gasteiger partial charge in [0.2, 0.25) is 0 Å². The highest BCUT2D eigenvalue weighted by molar-refractivity contribution is 4.83. The van der Waals surface area contributed by atoms with Gasteiger partial charge in [-0.05, 0) is 0 Å². The van der Waals surface area contributed by atoms with Crippen molar-refractivity contribution in [2.75, 3.05) is 0 Å². The summed E-state index contributed by atoms with van der Waals surface area (Å²) >= 11 is 0. The van der Waals surface area contributed by atoms with Gasteiger partial charge in [-0.2, -0.15) is 0 Å². The smallest absolute Gasteiger partial charge is 0.248 e. The van der Waals surface area contributed by atoms with Crippen molar-refractivity contribution in [3.63, 3.8) is 0 Å². The molecule has 1 heterocycles. The quantitative estimate of drug-likeness (QED) is 0.620. The fourth-order valence-corrected chi connectivity index (χ4v) is 1.32. The number of allylic oxidation sites excluding steroid dienone is 2. The highest BCUT2D eigenvalue weighted by Gasteiger charge is 2.10. The lowest BCUT2D eigenvalue weighted by Gasteiger charge is -2.08. The average molecular weight is 223 g/mol. The highest BCUT2D eigenvalue weighted by atomic mass is 16.2. The van der Waals surface area contributed by atoms with E-state index in [-0.39, 0.29) is 13.1 Å². The van der Waals surface area contributed by atoms with Crippen molar-refractivity contribution in [3.8, 4) is 0 Å². The summed E-state index contributed by atoms with van der Waals surface area (Å²) in [6.07, 6.45) is 2.84. The zero-order valence-electron chi connectivity index (χ0n) is 9.05. The molecule has 0 amide bonds. The van der Waals surface area contributed by atoms with Crippen LogP contribution in [0.2, 0.25) is 0 Å². The third kappa shape index (κ3) is 1.81. The van der Waals surface area contributed by atoms with Gasteiger partial charge in [-0.1, -0.05) is 12.2 Å². The average Bonchev–Trinajstić information content (AvgIpc) is 2.28. The third-order valence-electron chi connectivity index (χ3n) is 2.12. The second-order valence-electron chi connectivity index (χ2n) is 3.21. The monoisotopic (exact) mass is 223 g/mol. The van der Waals surface area contributed by atoms with Gasteiger partial charge < -0.3 is 0 Å². The molecule has 1 aromatic heterocycles. The summed E-state index contributed by atoms with van der Waals surface area (Å²) in [4.78, 5) is 35.0. The van der Waals surface area contributed by atoms with Crippen molar-refractivity contribution in [1.82, 2.24) is 13.7 Å². The molecule has 0 bridgehead atoms. The molecule has 0 fully saturated rings. The van der Waals surface area contributed by atoms with Crippen LogP contribution in [-0.4, -0.2) is 13.7 Å². The van der Waals surface area contributed by atoms with Crippen molar-refractivity contribution < 1.29 is 0 Å². The SMILES string of the molecule is C=CCn1c(=O)n(C)c(=O)n(CC=C)c1=O. The molecule has 0 aliphatic rings. The molecule has 0 radical (unpaired) electrons. The molecule has 1 rings (SSSR count). The number of nitrogens with zero attached hydrogens (tertiary/aromatic N) is 3. The van der Waals surface area contributed by atoms with Gasteiger partial charge in [0.15, 0.2) is 0 Å². The molecule has 0 aliphatic heterocycles. The number of hydrogen-bond acceptors (Lipinski definition) is 3. The molecule has 0 atom stereocenters. The van der Waals surface area contributed by atoms with E-state index in [2.05, 4.69) is 13.2 Å². The largest absolute Gasteiger partial charge is 0.336 e. The van der Waals surface area contributed by atoms with Gasteiger partial charge in [0.05, 0.1) is 13.1 Å². The standard InChI is InChI=1S/C10H13N3O3/c1-4-6-12-8(14)11(3)9(15)13(7-5-2)10(12)16/h4-5H,1-2,6-7H2,3H3. The van der Waals surface area contributed by atoms with Crippen LogP contribution in [0.1, 0.15) is 0 Å². The summed E-state index contributed by atoms with van der Waals surface area (Å²) in [6.45, 7) is 7.05. The molecule has 0 N–H and O–H groups in total. The predicted molar refractivity (Wildman–Crippen MR) is 60.6 cm³/mol.